The van der Waals surface area contributed by atoms with E-state index in [1.165, 1.54) is 24.8 Å². The molecule has 0 heterocycles. The van der Waals surface area contributed by atoms with Gasteiger partial charge in [0.15, 0.2) is 0 Å². The molecule has 26 heavy (non-hydrogen) atoms. The summed E-state index contributed by atoms with van der Waals surface area (Å²) in [7, 11) is 0. The molecule has 1 aliphatic rings. The Hall–Kier alpha value is -1.51. The topological polar surface area (TPSA) is 46.5 Å². The third-order valence-electron chi connectivity index (χ3n) is 5.94. The molecular weight excluding hydrogens is 324 g/mol. The van der Waals surface area contributed by atoms with E-state index in [0.717, 1.165) is 38.5 Å². The Morgan fingerprint density at radius 3 is 2.46 bits per heavy atom. The molecule has 1 unspecified atom stereocenters. The second-order valence-electron chi connectivity index (χ2n) is 8.72. The van der Waals surface area contributed by atoms with Crippen LogP contribution < -0.4 is 0 Å². The van der Waals surface area contributed by atoms with E-state index in [2.05, 4.69) is 20.8 Å². The zero-order valence-corrected chi connectivity index (χ0v) is 16.8. The fourth-order valence-corrected chi connectivity index (χ4v) is 3.91. The van der Waals surface area contributed by atoms with E-state index < -0.39 is 0 Å². The fraction of sp³-hybridized carbons (Fsp3) is 0.696. The second-order valence-corrected chi connectivity index (χ2v) is 8.72. The van der Waals surface area contributed by atoms with Crippen LogP contribution in [0.1, 0.15) is 84.1 Å². The largest absolute Gasteiger partial charge is 0.508 e. The van der Waals surface area contributed by atoms with E-state index in [1.54, 1.807) is 12.1 Å². The van der Waals surface area contributed by atoms with E-state index in [9.17, 15) is 9.90 Å². The molecule has 1 aromatic rings. The first kappa shape index (κ1) is 20.8. The van der Waals surface area contributed by atoms with Crippen molar-refractivity contribution in [3.63, 3.8) is 0 Å². The van der Waals surface area contributed by atoms with Crippen molar-refractivity contribution in [2.45, 2.75) is 84.0 Å². The van der Waals surface area contributed by atoms with Crippen molar-refractivity contribution in [2.75, 3.05) is 6.61 Å². The molecule has 0 spiro atoms. The van der Waals surface area contributed by atoms with Gasteiger partial charge in [0.1, 0.15) is 5.75 Å². The first-order valence-electron chi connectivity index (χ1n) is 10.3. The number of phenolic OH excluding ortho intramolecular Hbond substituents is 1. The molecule has 3 nitrogen and oxygen atoms in total. The van der Waals surface area contributed by atoms with Crippen LogP contribution in [0, 0.1) is 11.8 Å². The number of aromatic hydroxyl groups is 1. The van der Waals surface area contributed by atoms with Gasteiger partial charge in [-0.25, -0.2) is 0 Å². The first-order valence-corrected chi connectivity index (χ1v) is 10.3. The monoisotopic (exact) mass is 360 g/mol. The fourth-order valence-electron chi connectivity index (χ4n) is 3.91. The number of hydrogen-bond donors (Lipinski definition) is 1. The Morgan fingerprint density at radius 2 is 1.81 bits per heavy atom. The van der Waals surface area contributed by atoms with Gasteiger partial charge in [0.2, 0.25) is 0 Å². The van der Waals surface area contributed by atoms with Crippen molar-refractivity contribution in [3.05, 3.63) is 29.8 Å². The molecule has 1 aromatic carbocycles. The molecule has 3 heteroatoms. The number of benzene rings is 1. The highest BCUT2D eigenvalue weighted by atomic mass is 16.5. The van der Waals surface area contributed by atoms with Crippen molar-refractivity contribution in [1.29, 1.82) is 0 Å². The zero-order valence-electron chi connectivity index (χ0n) is 16.8. The molecular formula is C23H36O3. The molecule has 0 saturated heterocycles. The van der Waals surface area contributed by atoms with E-state index >= 15 is 0 Å². The summed E-state index contributed by atoms with van der Waals surface area (Å²) in [6.45, 7) is 7.34. The van der Waals surface area contributed by atoms with Crippen molar-refractivity contribution < 1.29 is 14.6 Å². The predicted octanol–water partition coefficient (Wildman–Crippen LogP) is 5.99. The molecule has 0 radical (unpaired) electrons. The van der Waals surface area contributed by atoms with E-state index in [0.29, 0.717) is 18.3 Å². The average molecular weight is 361 g/mol. The van der Waals surface area contributed by atoms with Crippen LogP contribution >= 0.6 is 0 Å². The third-order valence-corrected chi connectivity index (χ3v) is 5.94. The summed E-state index contributed by atoms with van der Waals surface area (Å²) in [6.07, 6.45) is 10.0. The van der Waals surface area contributed by atoms with Gasteiger partial charge in [-0.05, 0) is 54.7 Å². The van der Waals surface area contributed by atoms with Gasteiger partial charge < -0.3 is 9.84 Å². The van der Waals surface area contributed by atoms with Gasteiger partial charge in [-0.15, -0.1) is 0 Å². The van der Waals surface area contributed by atoms with Gasteiger partial charge in [0, 0.05) is 0 Å². The lowest BCUT2D eigenvalue weighted by atomic mass is 9.79. The lowest BCUT2D eigenvalue weighted by Gasteiger charge is -2.26. The van der Waals surface area contributed by atoms with Crippen LogP contribution in [0.5, 0.6) is 5.75 Å². The van der Waals surface area contributed by atoms with Crippen LogP contribution in [0.3, 0.4) is 0 Å². The summed E-state index contributed by atoms with van der Waals surface area (Å²) in [5.41, 5.74) is 1.38. The Bertz CT molecular complexity index is 541. The van der Waals surface area contributed by atoms with E-state index in [1.807, 2.05) is 12.1 Å². The number of phenols is 1. The summed E-state index contributed by atoms with van der Waals surface area (Å²) >= 11 is 0. The Balaban J connectivity index is 1.62. The smallest absolute Gasteiger partial charge is 0.308 e. The normalized spacial score (nSPS) is 17.0. The second kappa shape index (κ2) is 9.99. The third kappa shape index (κ3) is 6.66. The van der Waals surface area contributed by atoms with Crippen molar-refractivity contribution in [3.8, 4) is 5.75 Å². The van der Waals surface area contributed by atoms with E-state index in [4.69, 9.17) is 4.74 Å². The Morgan fingerprint density at radius 1 is 1.15 bits per heavy atom. The highest BCUT2D eigenvalue weighted by Crippen LogP contribution is 2.31. The summed E-state index contributed by atoms with van der Waals surface area (Å²) in [5, 5.41) is 9.44. The lowest BCUT2D eigenvalue weighted by Crippen LogP contribution is -2.21. The molecule has 1 fully saturated rings. The number of carbonyl (C=O) groups is 1. The molecule has 0 aromatic heterocycles. The quantitative estimate of drug-likeness (QED) is 0.550. The van der Waals surface area contributed by atoms with Crippen molar-refractivity contribution >= 4 is 5.97 Å². The van der Waals surface area contributed by atoms with Gasteiger partial charge in [-0.1, -0.05) is 65.0 Å². The van der Waals surface area contributed by atoms with E-state index in [-0.39, 0.29) is 17.3 Å². The van der Waals surface area contributed by atoms with Crippen LogP contribution in [-0.2, 0) is 14.9 Å². The number of ether oxygens (including phenoxy) is 1. The molecule has 2 rings (SSSR count). The van der Waals surface area contributed by atoms with Gasteiger partial charge in [0.05, 0.1) is 12.5 Å². The minimum absolute atomic E-state index is 0.0327. The van der Waals surface area contributed by atoms with Gasteiger partial charge in [-0.3, -0.25) is 4.79 Å². The van der Waals surface area contributed by atoms with Crippen LogP contribution in [-0.4, -0.2) is 17.7 Å². The molecule has 1 atom stereocenters. The summed E-state index contributed by atoms with van der Waals surface area (Å²) in [5.74, 6) is 1.08. The van der Waals surface area contributed by atoms with Crippen molar-refractivity contribution in [2.24, 2.45) is 11.8 Å². The van der Waals surface area contributed by atoms with Crippen LogP contribution in [0.15, 0.2) is 24.3 Å². The number of hydrogen-bond acceptors (Lipinski definition) is 3. The summed E-state index contributed by atoms with van der Waals surface area (Å²) in [4.78, 5) is 12.1. The zero-order chi connectivity index (χ0) is 19.0. The molecule has 1 saturated carbocycles. The Labute approximate surface area is 159 Å². The maximum Gasteiger partial charge on any atom is 0.308 e. The summed E-state index contributed by atoms with van der Waals surface area (Å²) < 4.78 is 5.52. The lowest BCUT2D eigenvalue weighted by molar-refractivity contribution is -0.150. The van der Waals surface area contributed by atoms with Gasteiger partial charge in [-0.2, -0.15) is 0 Å². The Kier molecular flexibility index (Phi) is 7.99. The standard InChI is InChI=1S/C23H36O3/c1-18(15-17-26-22(25)19-9-5-4-6-10-19)8-7-16-23(2,3)20-11-13-21(24)14-12-20/h11-14,18-19,24H,4-10,15-17H2,1-3H3. The SMILES string of the molecule is CC(CCCC(C)(C)c1ccc(O)cc1)CCOC(=O)C1CCCCC1. The predicted molar refractivity (Wildman–Crippen MR) is 106 cm³/mol. The number of esters is 1. The maximum absolute atomic E-state index is 12.1. The average Bonchev–Trinajstić information content (AvgIpc) is 2.62. The van der Waals surface area contributed by atoms with Crippen LogP contribution in [0.2, 0.25) is 0 Å². The molecule has 146 valence electrons. The minimum Gasteiger partial charge on any atom is -0.508 e. The highest BCUT2D eigenvalue weighted by Gasteiger charge is 2.23. The van der Waals surface area contributed by atoms with Gasteiger partial charge in [0.25, 0.3) is 0 Å². The van der Waals surface area contributed by atoms with Crippen LogP contribution in [0.4, 0.5) is 0 Å². The van der Waals surface area contributed by atoms with Crippen molar-refractivity contribution in [1.82, 2.24) is 0 Å². The highest BCUT2D eigenvalue weighted by molar-refractivity contribution is 5.72. The van der Waals surface area contributed by atoms with Crippen LogP contribution in [0.25, 0.3) is 0 Å². The molecule has 0 aliphatic heterocycles. The molecule has 1 aliphatic carbocycles. The number of rotatable bonds is 9. The van der Waals surface area contributed by atoms with Gasteiger partial charge >= 0.3 is 5.97 Å². The number of carbonyl (C=O) groups excluding carboxylic acids is 1. The molecule has 1 N–H and O–H groups in total. The molecule has 0 bridgehead atoms. The molecule has 0 amide bonds. The summed E-state index contributed by atoms with van der Waals surface area (Å²) in [6, 6.07) is 7.56. The first-order chi connectivity index (χ1) is 12.4. The minimum atomic E-state index is 0.0327. The maximum atomic E-state index is 12.1.